The second-order valence-electron chi connectivity index (χ2n) is 6.12. The van der Waals surface area contributed by atoms with Crippen LogP contribution >= 0.6 is 0 Å². The number of hydrogen-bond donors (Lipinski definition) is 1. The third kappa shape index (κ3) is 3.27. The number of rotatable bonds is 4. The first-order valence-corrected chi connectivity index (χ1v) is 8.09. The van der Waals surface area contributed by atoms with Crippen molar-refractivity contribution in [2.24, 2.45) is 0 Å². The lowest BCUT2D eigenvalue weighted by molar-refractivity contribution is -0.130. The molecule has 4 heteroatoms. The van der Waals surface area contributed by atoms with Crippen LogP contribution in [0.3, 0.4) is 0 Å². The maximum Gasteiger partial charge on any atom is 0.245 e. The van der Waals surface area contributed by atoms with Gasteiger partial charge in [0.1, 0.15) is 6.04 Å². The van der Waals surface area contributed by atoms with Gasteiger partial charge in [-0.05, 0) is 38.4 Å². The summed E-state index contributed by atoms with van der Waals surface area (Å²) in [7, 11) is 0. The van der Waals surface area contributed by atoms with Gasteiger partial charge >= 0.3 is 0 Å². The molecule has 2 atom stereocenters. The molecule has 3 rings (SSSR count). The zero-order valence-electron chi connectivity index (χ0n) is 12.8. The van der Waals surface area contributed by atoms with Crippen molar-refractivity contribution >= 4 is 5.91 Å². The summed E-state index contributed by atoms with van der Waals surface area (Å²) in [5.74, 6) is 0.214. The van der Waals surface area contributed by atoms with Gasteiger partial charge in [0.25, 0.3) is 0 Å². The fraction of sp³-hybridized carbons (Fsp3) is 0.588. The lowest BCUT2D eigenvalue weighted by Gasteiger charge is -2.29. The highest BCUT2D eigenvalue weighted by molar-refractivity contribution is 5.85. The zero-order chi connectivity index (χ0) is 14.7. The van der Waals surface area contributed by atoms with Crippen LogP contribution in [0, 0.1) is 0 Å². The van der Waals surface area contributed by atoms with E-state index in [0.29, 0.717) is 0 Å². The molecule has 2 aliphatic heterocycles. The molecule has 114 valence electrons. The molecule has 1 aromatic rings. The largest absolute Gasteiger partial charge is 0.324 e. The van der Waals surface area contributed by atoms with Crippen molar-refractivity contribution in [1.82, 2.24) is 15.1 Å². The van der Waals surface area contributed by atoms with Gasteiger partial charge in [0.05, 0.1) is 6.17 Å². The Hall–Kier alpha value is -1.39. The van der Waals surface area contributed by atoms with Gasteiger partial charge in [-0.25, -0.2) is 0 Å². The molecule has 4 nitrogen and oxygen atoms in total. The van der Waals surface area contributed by atoms with E-state index in [2.05, 4.69) is 17.1 Å². The summed E-state index contributed by atoms with van der Waals surface area (Å²) < 4.78 is 0. The number of carbonyl (C=O) groups excluding carboxylic acids is 1. The molecule has 2 fully saturated rings. The van der Waals surface area contributed by atoms with Crippen LogP contribution in [0.15, 0.2) is 30.3 Å². The van der Waals surface area contributed by atoms with Crippen LogP contribution in [0.5, 0.6) is 0 Å². The summed E-state index contributed by atoms with van der Waals surface area (Å²) in [5, 5.41) is 3.42. The fourth-order valence-corrected chi connectivity index (χ4v) is 3.38. The molecule has 0 saturated carbocycles. The summed E-state index contributed by atoms with van der Waals surface area (Å²) in [6.07, 6.45) is 4.07. The van der Waals surface area contributed by atoms with E-state index in [9.17, 15) is 4.79 Å². The molecule has 0 radical (unpaired) electrons. The van der Waals surface area contributed by atoms with Gasteiger partial charge in [-0.2, -0.15) is 0 Å². The standard InChI is InChI=1S/C17H25N3O/c1-14-18-16(15-8-4-2-5-9-15)17(21)20(14)13-12-19-10-6-3-7-11-19/h2,4-5,8-9,14,16,18H,3,6-7,10-13H2,1H3. The highest BCUT2D eigenvalue weighted by Crippen LogP contribution is 2.23. The molecule has 2 unspecified atom stereocenters. The molecule has 0 spiro atoms. The Morgan fingerprint density at radius 3 is 2.52 bits per heavy atom. The maximum atomic E-state index is 12.6. The molecule has 21 heavy (non-hydrogen) atoms. The van der Waals surface area contributed by atoms with Crippen LogP contribution in [-0.2, 0) is 4.79 Å². The van der Waals surface area contributed by atoms with Gasteiger partial charge in [0, 0.05) is 13.1 Å². The molecule has 2 saturated heterocycles. The first-order valence-electron chi connectivity index (χ1n) is 8.09. The highest BCUT2D eigenvalue weighted by Gasteiger charge is 2.37. The van der Waals surface area contributed by atoms with E-state index in [0.717, 1.165) is 18.7 Å². The van der Waals surface area contributed by atoms with Gasteiger partial charge in [-0.1, -0.05) is 36.8 Å². The van der Waals surface area contributed by atoms with Gasteiger partial charge < -0.3 is 9.80 Å². The topological polar surface area (TPSA) is 35.6 Å². The van der Waals surface area contributed by atoms with Gasteiger partial charge in [0.15, 0.2) is 0 Å². The predicted molar refractivity (Wildman–Crippen MR) is 83.8 cm³/mol. The Balaban J connectivity index is 1.60. The molecular formula is C17H25N3O. The lowest BCUT2D eigenvalue weighted by atomic mass is 10.1. The second kappa shape index (κ2) is 6.58. The van der Waals surface area contributed by atoms with Gasteiger partial charge in [-0.3, -0.25) is 10.1 Å². The number of likely N-dealkylation sites (tertiary alicyclic amines) is 1. The molecule has 1 aromatic carbocycles. The smallest absolute Gasteiger partial charge is 0.245 e. The minimum absolute atomic E-state index is 0.118. The van der Waals surface area contributed by atoms with Crippen molar-refractivity contribution in [3.8, 4) is 0 Å². The van der Waals surface area contributed by atoms with Crippen LogP contribution in [0.25, 0.3) is 0 Å². The number of amides is 1. The number of nitrogens with one attached hydrogen (secondary N) is 1. The Morgan fingerprint density at radius 2 is 1.81 bits per heavy atom. The lowest BCUT2D eigenvalue weighted by Crippen LogP contribution is -2.42. The van der Waals surface area contributed by atoms with Crippen LogP contribution in [-0.4, -0.2) is 48.1 Å². The Kier molecular flexibility index (Phi) is 4.56. The van der Waals surface area contributed by atoms with E-state index in [1.165, 1.54) is 32.4 Å². The van der Waals surface area contributed by atoms with Crippen LogP contribution in [0.4, 0.5) is 0 Å². The highest BCUT2D eigenvalue weighted by atomic mass is 16.2. The van der Waals surface area contributed by atoms with Crippen molar-refractivity contribution in [2.45, 2.75) is 38.4 Å². The maximum absolute atomic E-state index is 12.6. The van der Waals surface area contributed by atoms with E-state index in [4.69, 9.17) is 0 Å². The molecule has 0 aliphatic carbocycles. The Bertz CT molecular complexity index is 470. The first-order chi connectivity index (χ1) is 10.3. The van der Waals surface area contributed by atoms with Crippen molar-refractivity contribution in [2.75, 3.05) is 26.2 Å². The molecule has 1 amide bonds. The normalized spacial score (nSPS) is 27.3. The average molecular weight is 287 g/mol. The number of piperidine rings is 1. The van der Waals surface area contributed by atoms with E-state index >= 15 is 0 Å². The molecule has 2 heterocycles. The van der Waals surface area contributed by atoms with E-state index in [-0.39, 0.29) is 18.1 Å². The second-order valence-corrected chi connectivity index (χ2v) is 6.12. The molecular weight excluding hydrogens is 262 g/mol. The first kappa shape index (κ1) is 14.5. The SMILES string of the molecule is CC1NC(c2ccccc2)C(=O)N1CCN1CCCCC1. The number of benzene rings is 1. The predicted octanol–water partition coefficient (Wildman–Crippen LogP) is 1.99. The minimum Gasteiger partial charge on any atom is -0.324 e. The third-order valence-corrected chi connectivity index (χ3v) is 4.64. The number of hydrogen-bond acceptors (Lipinski definition) is 3. The summed E-state index contributed by atoms with van der Waals surface area (Å²) >= 11 is 0. The zero-order valence-corrected chi connectivity index (χ0v) is 12.8. The summed E-state index contributed by atoms with van der Waals surface area (Å²) in [6.45, 7) is 6.28. The van der Waals surface area contributed by atoms with E-state index in [1.807, 2.05) is 35.2 Å². The summed E-state index contributed by atoms with van der Waals surface area (Å²) in [4.78, 5) is 17.1. The molecule has 1 N–H and O–H groups in total. The van der Waals surface area contributed by atoms with Crippen LogP contribution < -0.4 is 5.32 Å². The Labute approximate surface area is 127 Å². The van der Waals surface area contributed by atoms with E-state index in [1.54, 1.807) is 0 Å². The monoisotopic (exact) mass is 287 g/mol. The van der Waals surface area contributed by atoms with Crippen LogP contribution in [0.2, 0.25) is 0 Å². The minimum atomic E-state index is -0.178. The van der Waals surface area contributed by atoms with Crippen LogP contribution in [0.1, 0.15) is 37.8 Å². The summed E-state index contributed by atoms with van der Waals surface area (Å²) in [6, 6.07) is 9.84. The van der Waals surface area contributed by atoms with Gasteiger partial charge in [-0.15, -0.1) is 0 Å². The average Bonchev–Trinajstić information content (AvgIpc) is 2.82. The number of carbonyl (C=O) groups is 1. The molecule has 0 bridgehead atoms. The molecule has 2 aliphatic rings. The van der Waals surface area contributed by atoms with Crippen molar-refractivity contribution in [1.29, 1.82) is 0 Å². The van der Waals surface area contributed by atoms with Crippen molar-refractivity contribution < 1.29 is 4.79 Å². The number of nitrogens with zero attached hydrogens (tertiary/aromatic N) is 2. The van der Waals surface area contributed by atoms with E-state index < -0.39 is 0 Å². The Morgan fingerprint density at radius 1 is 1.10 bits per heavy atom. The van der Waals surface area contributed by atoms with Gasteiger partial charge in [0.2, 0.25) is 5.91 Å². The molecule has 0 aromatic heterocycles. The summed E-state index contributed by atoms with van der Waals surface area (Å²) in [5.41, 5.74) is 1.06. The van der Waals surface area contributed by atoms with Crippen molar-refractivity contribution in [3.63, 3.8) is 0 Å². The fourth-order valence-electron chi connectivity index (χ4n) is 3.38. The third-order valence-electron chi connectivity index (χ3n) is 4.64. The quantitative estimate of drug-likeness (QED) is 0.920. The van der Waals surface area contributed by atoms with Crippen molar-refractivity contribution in [3.05, 3.63) is 35.9 Å².